The van der Waals surface area contributed by atoms with Crippen molar-refractivity contribution in [1.82, 2.24) is 5.32 Å². The van der Waals surface area contributed by atoms with Gasteiger partial charge in [0.05, 0.1) is 4.92 Å². The van der Waals surface area contributed by atoms with E-state index in [0.717, 1.165) is 31.2 Å². The molecule has 1 rings (SSSR count). The van der Waals surface area contributed by atoms with E-state index < -0.39 is 23.2 Å². The predicted molar refractivity (Wildman–Crippen MR) is 57.8 cm³/mol. The van der Waals surface area contributed by atoms with Gasteiger partial charge in [0, 0.05) is 12.1 Å². The highest BCUT2D eigenvalue weighted by molar-refractivity contribution is 5.70. The maximum absolute atomic E-state index is 12.1. The molecule has 0 spiro atoms. The van der Waals surface area contributed by atoms with Gasteiger partial charge in [-0.2, -0.15) is 13.2 Å². The second-order valence-electron chi connectivity index (χ2n) is 3.55. The summed E-state index contributed by atoms with van der Waals surface area (Å²) in [6.07, 6.45) is -5.87. The Morgan fingerprint density at radius 2 is 1.89 bits per heavy atom. The fourth-order valence-electron chi connectivity index (χ4n) is 1.03. The second kappa shape index (κ2) is 5.55. The fourth-order valence-corrected chi connectivity index (χ4v) is 1.03. The molecule has 1 aromatic rings. The number of hydrogen-bond donors (Lipinski definition) is 1. The Kier molecular flexibility index (Phi) is 4.30. The minimum atomic E-state index is -4.57. The van der Waals surface area contributed by atoms with Crippen molar-refractivity contribution in [2.45, 2.75) is 19.1 Å². The second-order valence-corrected chi connectivity index (χ2v) is 3.55. The van der Waals surface area contributed by atoms with E-state index in [0.29, 0.717) is 0 Å². The molecule has 1 amide bonds. The summed E-state index contributed by atoms with van der Waals surface area (Å²) >= 11 is 0. The number of ether oxygens (including phenoxy) is 1. The molecule has 0 bridgehead atoms. The lowest BCUT2D eigenvalue weighted by Crippen LogP contribution is -2.44. The van der Waals surface area contributed by atoms with E-state index in [9.17, 15) is 28.1 Å². The number of benzene rings is 1. The predicted octanol–water partition coefficient (Wildman–Crippen LogP) is 2.63. The average molecular weight is 278 g/mol. The summed E-state index contributed by atoms with van der Waals surface area (Å²) in [5, 5.41) is 11.9. The Labute approximate surface area is 105 Å². The quantitative estimate of drug-likeness (QED) is 0.680. The van der Waals surface area contributed by atoms with Crippen LogP contribution in [0, 0.1) is 10.1 Å². The van der Waals surface area contributed by atoms with E-state index in [1.807, 2.05) is 0 Å². The number of rotatable bonds is 3. The number of nitrogens with zero attached hydrogens (tertiary/aromatic N) is 1. The van der Waals surface area contributed by atoms with E-state index >= 15 is 0 Å². The molecule has 0 aromatic heterocycles. The summed E-state index contributed by atoms with van der Waals surface area (Å²) in [6.45, 7) is 0.761. The zero-order valence-electron chi connectivity index (χ0n) is 9.60. The summed E-state index contributed by atoms with van der Waals surface area (Å²) in [6, 6.07) is 2.29. The van der Waals surface area contributed by atoms with Crippen LogP contribution in [0.2, 0.25) is 0 Å². The number of alkyl halides is 3. The number of carbonyl (C=O) groups is 1. The van der Waals surface area contributed by atoms with Crippen molar-refractivity contribution in [3.63, 3.8) is 0 Å². The maximum Gasteiger partial charge on any atom is 0.413 e. The van der Waals surface area contributed by atoms with Gasteiger partial charge >= 0.3 is 12.3 Å². The third kappa shape index (κ3) is 4.45. The summed E-state index contributed by atoms with van der Waals surface area (Å²) in [7, 11) is 0. The largest absolute Gasteiger partial charge is 0.413 e. The van der Waals surface area contributed by atoms with Gasteiger partial charge in [0.25, 0.3) is 5.69 Å². The summed E-state index contributed by atoms with van der Waals surface area (Å²) in [5.41, 5.74) is -0.226. The Morgan fingerprint density at radius 3 is 2.32 bits per heavy atom. The van der Waals surface area contributed by atoms with Crippen LogP contribution >= 0.6 is 0 Å². The number of halogens is 3. The van der Waals surface area contributed by atoms with Crippen LogP contribution in [-0.4, -0.2) is 23.2 Å². The standard InChI is InChI=1S/C10H9F3N2O4/c1-6(10(11,12)13)14-9(16)19-8-4-2-7(3-5-8)15(17)18/h2-6H,1H3,(H,14,16)/t6-/m1/s1. The zero-order valence-corrected chi connectivity index (χ0v) is 9.60. The lowest BCUT2D eigenvalue weighted by atomic mass is 10.3. The Balaban J connectivity index is 2.60. The van der Waals surface area contributed by atoms with Crippen molar-refractivity contribution in [3.8, 4) is 5.75 Å². The van der Waals surface area contributed by atoms with Gasteiger partial charge in [-0.1, -0.05) is 0 Å². The van der Waals surface area contributed by atoms with Gasteiger partial charge in [0.2, 0.25) is 0 Å². The third-order valence-corrected chi connectivity index (χ3v) is 2.08. The van der Waals surface area contributed by atoms with Gasteiger partial charge in [-0.3, -0.25) is 10.1 Å². The van der Waals surface area contributed by atoms with Crippen LogP contribution in [0.25, 0.3) is 0 Å². The molecule has 0 aliphatic heterocycles. The van der Waals surface area contributed by atoms with Crippen LogP contribution in [0.1, 0.15) is 6.92 Å². The molecule has 0 aliphatic rings. The first-order chi connectivity index (χ1) is 8.70. The van der Waals surface area contributed by atoms with Crippen molar-refractivity contribution < 1.29 is 27.6 Å². The van der Waals surface area contributed by atoms with Crippen LogP contribution in [0.15, 0.2) is 24.3 Å². The molecule has 0 saturated carbocycles. The first-order valence-corrected chi connectivity index (χ1v) is 4.99. The van der Waals surface area contributed by atoms with Crippen molar-refractivity contribution in [2.75, 3.05) is 0 Å². The molecule has 0 fully saturated rings. The summed E-state index contributed by atoms with van der Waals surface area (Å²) in [4.78, 5) is 20.8. The molecular formula is C10H9F3N2O4. The van der Waals surface area contributed by atoms with Crippen LogP contribution in [0.5, 0.6) is 5.75 Å². The minimum Gasteiger partial charge on any atom is -0.410 e. The molecule has 104 valence electrons. The number of nitrogens with one attached hydrogen (secondary N) is 1. The monoisotopic (exact) mass is 278 g/mol. The third-order valence-electron chi connectivity index (χ3n) is 2.08. The molecule has 0 heterocycles. The molecule has 0 saturated heterocycles. The zero-order chi connectivity index (χ0) is 14.6. The van der Waals surface area contributed by atoms with E-state index in [-0.39, 0.29) is 11.4 Å². The SMILES string of the molecule is C[C@@H](NC(=O)Oc1ccc([N+](=O)[O-])cc1)C(F)(F)F. The molecule has 6 nitrogen and oxygen atoms in total. The van der Waals surface area contributed by atoms with E-state index in [2.05, 4.69) is 4.74 Å². The van der Waals surface area contributed by atoms with Crippen molar-refractivity contribution >= 4 is 11.8 Å². The lowest BCUT2D eigenvalue weighted by Gasteiger charge is -2.16. The van der Waals surface area contributed by atoms with Crippen LogP contribution in [-0.2, 0) is 0 Å². The van der Waals surface area contributed by atoms with E-state index in [4.69, 9.17) is 0 Å². The number of amides is 1. The van der Waals surface area contributed by atoms with Gasteiger partial charge < -0.3 is 10.1 Å². The molecule has 19 heavy (non-hydrogen) atoms. The molecule has 0 radical (unpaired) electrons. The van der Waals surface area contributed by atoms with Gasteiger partial charge in [-0.15, -0.1) is 0 Å². The van der Waals surface area contributed by atoms with Crippen LogP contribution < -0.4 is 10.1 Å². The van der Waals surface area contributed by atoms with Crippen molar-refractivity contribution in [2.24, 2.45) is 0 Å². The lowest BCUT2D eigenvalue weighted by molar-refractivity contribution is -0.384. The Morgan fingerprint density at radius 1 is 1.37 bits per heavy atom. The number of carbonyl (C=O) groups excluding carboxylic acids is 1. The van der Waals surface area contributed by atoms with Gasteiger partial charge in [0.1, 0.15) is 11.8 Å². The van der Waals surface area contributed by atoms with E-state index in [1.54, 1.807) is 5.32 Å². The highest BCUT2D eigenvalue weighted by Crippen LogP contribution is 2.20. The molecule has 1 N–H and O–H groups in total. The summed E-state index contributed by atoms with van der Waals surface area (Å²) < 4.78 is 41.0. The summed E-state index contributed by atoms with van der Waals surface area (Å²) in [5.74, 6) is -0.0996. The number of nitro groups is 1. The first-order valence-electron chi connectivity index (χ1n) is 4.99. The average Bonchev–Trinajstić information content (AvgIpc) is 2.28. The number of nitro benzene ring substituents is 1. The molecule has 9 heteroatoms. The molecule has 0 unspecified atom stereocenters. The number of hydrogen-bond acceptors (Lipinski definition) is 4. The van der Waals surface area contributed by atoms with Crippen molar-refractivity contribution in [1.29, 1.82) is 0 Å². The molecule has 0 aliphatic carbocycles. The van der Waals surface area contributed by atoms with Gasteiger partial charge in [0.15, 0.2) is 0 Å². The Hall–Kier alpha value is -2.32. The molecular weight excluding hydrogens is 269 g/mol. The highest BCUT2D eigenvalue weighted by atomic mass is 19.4. The molecule has 1 atom stereocenters. The first kappa shape index (κ1) is 14.7. The minimum absolute atomic E-state index is 0.0996. The number of non-ortho nitro benzene ring substituents is 1. The highest BCUT2D eigenvalue weighted by Gasteiger charge is 2.37. The van der Waals surface area contributed by atoms with Gasteiger partial charge in [-0.25, -0.2) is 4.79 Å². The Bertz CT molecular complexity index is 473. The normalized spacial score (nSPS) is 12.6. The smallest absolute Gasteiger partial charge is 0.410 e. The van der Waals surface area contributed by atoms with Gasteiger partial charge in [-0.05, 0) is 19.1 Å². The van der Waals surface area contributed by atoms with Crippen molar-refractivity contribution in [3.05, 3.63) is 34.4 Å². The van der Waals surface area contributed by atoms with Crippen LogP contribution in [0.4, 0.5) is 23.7 Å². The van der Waals surface area contributed by atoms with Crippen LogP contribution in [0.3, 0.4) is 0 Å². The fraction of sp³-hybridized carbons (Fsp3) is 0.300. The molecule has 1 aromatic carbocycles. The topological polar surface area (TPSA) is 81.5 Å². The maximum atomic E-state index is 12.1. The van der Waals surface area contributed by atoms with E-state index in [1.165, 1.54) is 0 Å².